The van der Waals surface area contributed by atoms with Crippen molar-refractivity contribution in [3.8, 4) is 28.6 Å². The molecular formula is C34H40N8O. The number of nitrogens with one attached hydrogen (secondary N) is 2. The Morgan fingerprint density at radius 1 is 1.09 bits per heavy atom. The number of carbonyl (C=O) groups is 1. The highest BCUT2D eigenvalue weighted by atomic mass is 16.2. The number of carbonyl (C=O) groups excluding carboxylic acids is 1. The van der Waals surface area contributed by atoms with Gasteiger partial charge in [-0.1, -0.05) is 31.2 Å². The molecule has 2 N–H and O–H groups in total. The second-order valence-electron chi connectivity index (χ2n) is 12.2. The third kappa shape index (κ3) is 5.72. The van der Waals surface area contributed by atoms with Crippen molar-refractivity contribution >= 4 is 17.2 Å². The Labute approximate surface area is 253 Å². The molecule has 0 aliphatic carbocycles. The van der Waals surface area contributed by atoms with Gasteiger partial charge in [-0.15, -0.1) is 0 Å². The van der Waals surface area contributed by atoms with Crippen LogP contribution in [0.2, 0.25) is 0 Å². The normalized spacial score (nSPS) is 17.2. The molecule has 2 aliphatic rings. The lowest BCUT2D eigenvalue weighted by Gasteiger charge is -2.41. The number of hydrogen-bond donors (Lipinski definition) is 2. The second kappa shape index (κ2) is 12.1. The largest absolute Gasteiger partial charge is 0.357 e. The molecule has 9 nitrogen and oxygen atoms in total. The average Bonchev–Trinajstić information content (AvgIpc) is 3.48. The Bertz CT molecular complexity index is 1620. The number of piperidine rings is 2. The number of anilines is 1. The maximum absolute atomic E-state index is 13.0. The quantitative estimate of drug-likeness (QED) is 0.306. The lowest BCUT2D eigenvalue weighted by molar-refractivity contribution is -0.133. The van der Waals surface area contributed by atoms with E-state index in [4.69, 9.17) is 9.97 Å². The first kappa shape index (κ1) is 28.8. The molecule has 2 aliphatic heterocycles. The molecule has 0 bridgehead atoms. The molecule has 222 valence electrons. The number of benzene rings is 1. The fraction of sp³-hybridized carbons (Fsp3) is 0.441. The molecule has 3 aromatic heterocycles. The molecule has 5 heterocycles. The molecular weight excluding hydrogens is 536 g/mol. The van der Waals surface area contributed by atoms with Crippen LogP contribution in [0, 0.1) is 16.7 Å². The summed E-state index contributed by atoms with van der Waals surface area (Å²) in [6.45, 7) is 9.81. The van der Waals surface area contributed by atoms with Gasteiger partial charge in [0.2, 0.25) is 5.91 Å². The molecule has 0 saturated carbocycles. The first-order chi connectivity index (χ1) is 20.9. The van der Waals surface area contributed by atoms with Crippen molar-refractivity contribution in [1.29, 1.82) is 5.26 Å². The van der Waals surface area contributed by atoms with E-state index in [1.54, 1.807) is 10.7 Å². The van der Waals surface area contributed by atoms with Gasteiger partial charge in [0.1, 0.15) is 23.0 Å². The molecule has 2 fully saturated rings. The summed E-state index contributed by atoms with van der Waals surface area (Å²) in [6, 6.07) is 15.2. The Hall–Kier alpha value is -4.29. The highest BCUT2D eigenvalue weighted by Crippen LogP contribution is 2.37. The van der Waals surface area contributed by atoms with Crippen LogP contribution < -0.4 is 15.5 Å². The van der Waals surface area contributed by atoms with Crippen LogP contribution in [-0.2, 0) is 4.79 Å². The number of nitrogens with zero attached hydrogens (tertiary/aromatic N) is 6. The van der Waals surface area contributed by atoms with Gasteiger partial charge in [-0.05, 0) is 82.7 Å². The Balaban J connectivity index is 1.26. The van der Waals surface area contributed by atoms with Gasteiger partial charge in [0.05, 0.1) is 29.2 Å². The standard InChI is InChI=1S/C34H40N8O/c1-4-34(33(43)39-23(2)3)13-17-41(18-14-34)30-10-9-27(20-37-30)31-32-28(19-35)21-38-42(32)22-29(40-31)26-7-5-24(6-8-26)25-11-15-36-16-12-25/h5-10,20-23,25,36H,4,11-18H2,1-3H3,(H,39,43). The molecule has 6 rings (SSSR count). The van der Waals surface area contributed by atoms with Crippen LogP contribution in [0.4, 0.5) is 5.82 Å². The fourth-order valence-electron chi connectivity index (χ4n) is 6.55. The van der Waals surface area contributed by atoms with Crippen molar-refractivity contribution < 1.29 is 4.79 Å². The Morgan fingerprint density at radius 2 is 1.81 bits per heavy atom. The summed E-state index contributed by atoms with van der Waals surface area (Å²) in [5, 5.41) is 20.9. The Kier molecular flexibility index (Phi) is 8.13. The summed E-state index contributed by atoms with van der Waals surface area (Å²) in [5.74, 6) is 1.64. The minimum absolute atomic E-state index is 0.137. The van der Waals surface area contributed by atoms with Crippen LogP contribution in [0.1, 0.15) is 69.9 Å². The SMILES string of the molecule is CCC1(C(=O)NC(C)C)CCN(c2ccc(-c3nc(-c4ccc(C5CCNCC5)cc4)cn4ncc(C#N)c34)cn2)CC1. The van der Waals surface area contributed by atoms with E-state index >= 15 is 0 Å². The number of nitriles is 1. The van der Waals surface area contributed by atoms with Crippen LogP contribution in [0.3, 0.4) is 0 Å². The van der Waals surface area contributed by atoms with Gasteiger partial charge in [0, 0.05) is 36.5 Å². The third-order valence-corrected chi connectivity index (χ3v) is 9.28. The van der Waals surface area contributed by atoms with E-state index in [-0.39, 0.29) is 17.4 Å². The summed E-state index contributed by atoms with van der Waals surface area (Å²) in [5.41, 5.74) is 5.51. The molecule has 43 heavy (non-hydrogen) atoms. The maximum Gasteiger partial charge on any atom is 0.226 e. The molecule has 1 aromatic carbocycles. The molecule has 9 heteroatoms. The zero-order valence-electron chi connectivity index (χ0n) is 25.3. The zero-order valence-corrected chi connectivity index (χ0v) is 25.3. The minimum atomic E-state index is -0.321. The van der Waals surface area contributed by atoms with Crippen LogP contribution in [0.5, 0.6) is 0 Å². The van der Waals surface area contributed by atoms with Gasteiger partial charge in [-0.2, -0.15) is 10.4 Å². The summed E-state index contributed by atoms with van der Waals surface area (Å²) >= 11 is 0. The van der Waals surface area contributed by atoms with Crippen molar-refractivity contribution in [3.63, 3.8) is 0 Å². The molecule has 2 saturated heterocycles. The predicted octanol–water partition coefficient (Wildman–Crippen LogP) is 5.32. The predicted molar refractivity (Wildman–Crippen MR) is 169 cm³/mol. The van der Waals surface area contributed by atoms with Gasteiger partial charge in [0.25, 0.3) is 0 Å². The fourth-order valence-corrected chi connectivity index (χ4v) is 6.55. The maximum atomic E-state index is 13.0. The first-order valence-electron chi connectivity index (χ1n) is 15.5. The summed E-state index contributed by atoms with van der Waals surface area (Å²) < 4.78 is 1.75. The number of pyridine rings is 1. The van der Waals surface area contributed by atoms with Crippen molar-refractivity contribution in [1.82, 2.24) is 30.2 Å². The van der Waals surface area contributed by atoms with Crippen LogP contribution in [0.25, 0.3) is 28.0 Å². The topological polar surface area (TPSA) is 111 Å². The lowest BCUT2D eigenvalue weighted by Crippen LogP contribution is -2.50. The molecule has 1 amide bonds. The van der Waals surface area contributed by atoms with Crippen molar-refractivity contribution in [3.05, 3.63) is 66.1 Å². The van der Waals surface area contributed by atoms with Crippen molar-refractivity contribution in [2.24, 2.45) is 5.41 Å². The van der Waals surface area contributed by atoms with Gasteiger partial charge in [-0.25, -0.2) is 14.5 Å². The summed E-state index contributed by atoms with van der Waals surface area (Å²) in [4.78, 5) is 25.1. The first-order valence-corrected chi connectivity index (χ1v) is 15.5. The van der Waals surface area contributed by atoms with E-state index in [0.29, 0.717) is 22.7 Å². The number of fused-ring (bicyclic) bond motifs is 1. The van der Waals surface area contributed by atoms with Gasteiger partial charge < -0.3 is 15.5 Å². The monoisotopic (exact) mass is 576 g/mol. The van der Waals surface area contributed by atoms with Crippen molar-refractivity contribution in [2.75, 3.05) is 31.1 Å². The number of amides is 1. The molecule has 0 spiro atoms. The highest BCUT2D eigenvalue weighted by molar-refractivity contribution is 5.84. The summed E-state index contributed by atoms with van der Waals surface area (Å²) in [7, 11) is 0. The molecule has 0 atom stereocenters. The summed E-state index contributed by atoms with van der Waals surface area (Å²) in [6.07, 6.45) is 10.1. The van der Waals surface area contributed by atoms with Crippen LogP contribution in [0.15, 0.2) is 55.0 Å². The number of aromatic nitrogens is 4. The molecule has 0 radical (unpaired) electrons. The second-order valence-corrected chi connectivity index (χ2v) is 12.2. The minimum Gasteiger partial charge on any atom is -0.357 e. The van der Waals surface area contributed by atoms with E-state index in [9.17, 15) is 10.1 Å². The number of rotatable bonds is 7. The zero-order chi connectivity index (χ0) is 30.0. The molecule has 0 unspecified atom stereocenters. The van der Waals surface area contributed by atoms with Crippen LogP contribution in [-0.4, -0.2) is 57.7 Å². The highest BCUT2D eigenvalue weighted by Gasteiger charge is 2.40. The number of hydrogen-bond acceptors (Lipinski definition) is 7. The lowest BCUT2D eigenvalue weighted by atomic mass is 9.75. The van der Waals surface area contributed by atoms with Gasteiger partial charge in [0.15, 0.2) is 0 Å². The average molecular weight is 577 g/mol. The Morgan fingerprint density at radius 3 is 2.44 bits per heavy atom. The van der Waals surface area contributed by atoms with Gasteiger partial charge >= 0.3 is 0 Å². The van der Waals surface area contributed by atoms with Crippen LogP contribution >= 0.6 is 0 Å². The van der Waals surface area contributed by atoms with E-state index < -0.39 is 0 Å². The smallest absolute Gasteiger partial charge is 0.226 e. The van der Waals surface area contributed by atoms with Crippen molar-refractivity contribution in [2.45, 2.75) is 64.8 Å². The van der Waals surface area contributed by atoms with E-state index in [1.807, 2.05) is 38.4 Å². The van der Waals surface area contributed by atoms with E-state index in [2.05, 4.69) is 57.9 Å². The third-order valence-electron chi connectivity index (χ3n) is 9.28. The molecule has 4 aromatic rings. The van der Waals surface area contributed by atoms with E-state index in [1.165, 1.54) is 5.56 Å². The van der Waals surface area contributed by atoms with Gasteiger partial charge in [-0.3, -0.25) is 4.79 Å². The van der Waals surface area contributed by atoms with E-state index in [0.717, 1.165) is 80.9 Å².